The van der Waals surface area contributed by atoms with E-state index in [9.17, 15) is 9.59 Å². The summed E-state index contributed by atoms with van der Waals surface area (Å²) in [6, 6.07) is 16.3. The van der Waals surface area contributed by atoms with Gasteiger partial charge < -0.3 is 19.9 Å². The molecule has 1 fully saturated rings. The summed E-state index contributed by atoms with van der Waals surface area (Å²) in [5.74, 6) is 0.799. The summed E-state index contributed by atoms with van der Waals surface area (Å²) in [4.78, 5) is 28.2. The minimum Gasteiger partial charge on any atom is -0.492 e. The minimum absolute atomic E-state index is 0.0215. The Morgan fingerprint density at radius 3 is 2.56 bits per heavy atom. The molecule has 1 N–H and O–H groups in total. The lowest BCUT2D eigenvalue weighted by molar-refractivity contribution is 0.0793. The predicted molar refractivity (Wildman–Crippen MR) is 105 cm³/mol. The number of likely N-dealkylation sites (tertiary alicyclic amines) is 1. The average Bonchev–Trinajstić information content (AvgIpc) is 3.23. The second kappa shape index (κ2) is 9.07. The van der Waals surface area contributed by atoms with Crippen molar-refractivity contribution in [3.8, 4) is 5.75 Å². The molecule has 0 spiro atoms. The van der Waals surface area contributed by atoms with Crippen molar-refractivity contribution in [1.82, 2.24) is 9.80 Å². The van der Waals surface area contributed by atoms with Crippen molar-refractivity contribution in [2.45, 2.75) is 12.8 Å². The van der Waals surface area contributed by atoms with E-state index in [0.29, 0.717) is 24.4 Å². The summed E-state index contributed by atoms with van der Waals surface area (Å²) in [5.41, 5.74) is 1.21. The number of hydrogen-bond acceptors (Lipinski definition) is 3. The zero-order valence-electron chi connectivity index (χ0n) is 15.6. The van der Waals surface area contributed by atoms with Crippen molar-refractivity contribution in [2.24, 2.45) is 0 Å². The third-order valence-corrected chi connectivity index (χ3v) is 4.54. The smallest absolute Gasteiger partial charge is 0.321 e. The fourth-order valence-electron chi connectivity index (χ4n) is 2.97. The normalized spacial score (nSPS) is 13.3. The first-order valence-corrected chi connectivity index (χ1v) is 9.23. The molecule has 3 amide bonds. The number of benzene rings is 2. The number of carbonyl (C=O) groups excluding carboxylic acids is 2. The van der Waals surface area contributed by atoms with E-state index >= 15 is 0 Å². The van der Waals surface area contributed by atoms with E-state index in [0.717, 1.165) is 31.7 Å². The Bertz CT molecular complexity index is 773. The molecule has 1 aliphatic rings. The van der Waals surface area contributed by atoms with Crippen LogP contribution in [-0.4, -0.2) is 55.0 Å². The van der Waals surface area contributed by atoms with Crippen LogP contribution < -0.4 is 10.1 Å². The van der Waals surface area contributed by atoms with Crippen LogP contribution in [0.2, 0.25) is 0 Å². The van der Waals surface area contributed by atoms with Gasteiger partial charge in [0.1, 0.15) is 12.4 Å². The highest BCUT2D eigenvalue weighted by Crippen LogP contribution is 2.16. The maximum atomic E-state index is 12.5. The molecule has 0 bridgehead atoms. The molecule has 2 aromatic carbocycles. The Hall–Kier alpha value is -3.02. The van der Waals surface area contributed by atoms with Gasteiger partial charge in [-0.3, -0.25) is 4.79 Å². The molecule has 2 aromatic rings. The van der Waals surface area contributed by atoms with Gasteiger partial charge in [-0.05, 0) is 43.2 Å². The van der Waals surface area contributed by atoms with Gasteiger partial charge in [0, 0.05) is 31.4 Å². The zero-order valence-corrected chi connectivity index (χ0v) is 15.6. The first-order valence-electron chi connectivity index (χ1n) is 9.23. The number of urea groups is 1. The van der Waals surface area contributed by atoms with Crippen LogP contribution in [0.15, 0.2) is 54.6 Å². The number of nitrogens with zero attached hydrogens (tertiary/aromatic N) is 2. The maximum Gasteiger partial charge on any atom is 0.321 e. The summed E-state index contributed by atoms with van der Waals surface area (Å²) in [7, 11) is 1.71. The second-order valence-corrected chi connectivity index (χ2v) is 6.59. The number of rotatable bonds is 6. The average molecular weight is 367 g/mol. The van der Waals surface area contributed by atoms with Crippen LogP contribution in [0.3, 0.4) is 0 Å². The van der Waals surface area contributed by atoms with Crippen molar-refractivity contribution < 1.29 is 14.3 Å². The number of amides is 3. The molecule has 0 saturated carbocycles. The summed E-state index contributed by atoms with van der Waals surface area (Å²) in [5, 5.41) is 2.84. The Morgan fingerprint density at radius 1 is 1.07 bits per heavy atom. The quantitative estimate of drug-likeness (QED) is 0.850. The molecule has 142 valence electrons. The largest absolute Gasteiger partial charge is 0.492 e. The van der Waals surface area contributed by atoms with Crippen LogP contribution in [0.4, 0.5) is 10.5 Å². The van der Waals surface area contributed by atoms with Gasteiger partial charge in [0.2, 0.25) is 0 Å². The fourth-order valence-corrected chi connectivity index (χ4v) is 2.97. The molecule has 3 rings (SSSR count). The Labute approximate surface area is 159 Å². The first-order chi connectivity index (χ1) is 13.1. The van der Waals surface area contributed by atoms with Crippen molar-refractivity contribution in [3.05, 3.63) is 60.2 Å². The van der Waals surface area contributed by atoms with Crippen LogP contribution in [0.25, 0.3) is 0 Å². The number of carbonyl (C=O) groups is 2. The molecule has 27 heavy (non-hydrogen) atoms. The highest BCUT2D eigenvalue weighted by molar-refractivity contribution is 5.97. The van der Waals surface area contributed by atoms with Gasteiger partial charge in [-0.2, -0.15) is 0 Å². The van der Waals surface area contributed by atoms with Crippen molar-refractivity contribution in [3.63, 3.8) is 0 Å². The van der Waals surface area contributed by atoms with Crippen molar-refractivity contribution in [2.75, 3.05) is 38.6 Å². The van der Waals surface area contributed by atoms with E-state index in [-0.39, 0.29) is 11.9 Å². The van der Waals surface area contributed by atoms with E-state index < -0.39 is 0 Å². The topological polar surface area (TPSA) is 61.9 Å². The van der Waals surface area contributed by atoms with Gasteiger partial charge >= 0.3 is 6.03 Å². The Kier molecular flexibility index (Phi) is 6.30. The molecule has 1 aliphatic heterocycles. The number of ether oxygens (including phenoxy) is 1. The zero-order chi connectivity index (χ0) is 19.1. The summed E-state index contributed by atoms with van der Waals surface area (Å²) >= 11 is 0. The molecule has 0 atom stereocenters. The third-order valence-electron chi connectivity index (χ3n) is 4.54. The Morgan fingerprint density at radius 2 is 1.81 bits per heavy atom. The van der Waals surface area contributed by atoms with Gasteiger partial charge in [0.25, 0.3) is 5.91 Å². The standard InChI is InChI=1S/C21H25N3O3/c1-23(14-15-27-19-10-3-2-4-11-19)21(26)22-18-9-7-8-17(16-18)20(25)24-12-5-6-13-24/h2-4,7-11,16H,5-6,12-15H2,1H3,(H,22,26). The molecule has 1 heterocycles. The summed E-state index contributed by atoms with van der Waals surface area (Å²) in [6.07, 6.45) is 2.11. The highest BCUT2D eigenvalue weighted by atomic mass is 16.5. The molecule has 6 heteroatoms. The van der Waals surface area contributed by atoms with Gasteiger partial charge in [-0.25, -0.2) is 4.79 Å². The summed E-state index contributed by atoms with van der Waals surface area (Å²) in [6.45, 7) is 2.47. The van der Waals surface area contributed by atoms with Crippen LogP contribution in [0.5, 0.6) is 5.75 Å². The lowest BCUT2D eigenvalue weighted by Crippen LogP contribution is -2.34. The van der Waals surface area contributed by atoms with E-state index in [1.807, 2.05) is 35.2 Å². The van der Waals surface area contributed by atoms with E-state index in [2.05, 4.69) is 5.32 Å². The molecule has 0 aliphatic carbocycles. The SMILES string of the molecule is CN(CCOc1ccccc1)C(=O)Nc1cccc(C(=O)N2CCCC2)c1. The third kappa shape index (κ3) is 5.23. The van der Waals surface area contributed by atoms with Gasteiger partial charge in [0.05, 0.1) is 6.54 Å². The van der Waals surface area contributed by atoms with E-state index in [1.54, 1.807) is 36.2 Å². The van der Waals surface area contributed by atoms with Crippen LogP contribution in [0, 0.1) is 0 Å². The van der Waals surface area contributed by atoms with Crippen molar-refractivity contribution in [1.29, 1.82) is 0 Å². The van der Waals surface area contributed by atoms with E-state index in [4.69, 9.17) is 4.74 Å². The summed E-state index contributed by atoms with van der Waals surface area (Å²) < 4.78 is 5.61. The fraction of sp³-hybridized carbons (Fsp3) is 0.333. The van der Waals surface area contributed by atoms with Gasteiger partial charge in [-0.15, -0.1) is 0 Å². The second-order valence-electron chi connectivity index (χ2n) is 6.59. The number of likely N-dealkylation sites (N-methyl/N-ethyl adjacent to an activating group) is 1. The Balaban J connectivity index is 1.50. The number of hydrogen-bond donors (Lipinski definition) is 1. The number of para-hydroxylation sites is 1. The first kappa shape index (κ1) is 18.8. The molecule has 0 aromatic heterocycles. The lowest BCUT2D eigenvalue weighted by Gasteiger charge is -2.19. The van der Waals surface area contributed by atoms with Crippen molar-refractivity contribution >= 4 is 17.6 Å². The van der Waals surface area contributed by atoms with Crippen LogP contribution in [0.1, 0.15) is 23.2 Å². The number of nitrogens with one attached hydrogen (secondary N) is 1. The lowest BCUT2D eigenvalue weighted by atomic mass is 10.2. The monoisotopic (exact) mass is 367 g/mol. The highest BCUT2D eigenvalue weighted by Gasteiger charge is 2.19. The molecule has 0 radical (unpaired) electrons. The maximum absolute atomic E-state index is 12.5. The van der Waals surface area contributed by atoms with Gasteiger partial charge in [-0.1, -0.05) is 24.3 Å². The molecular formula is C21H25N3O3. The molecule has 1 saturated heterocycles. The van der Waals surface area contributed by atoms with Crippen LogP contribution >= 0.6 is 0 Å². The molecule has 0 unspecified atom stereocenters. The van der Waals surface area contributed by atoms with Crippen LogP contribution in [-0.2, 0) is 0 Å². The molecular weight excluding hydrogens is 342 g/mol. The van der Waals surface area contributed by atoms with Gasteiger partial charge in [0.15, 0.2) is 0 Å². The number of anilines is 1. The van der Waals surface area contributed by atoms with E-state index in [1.165, 1.54) is 0 Å². The molecule has 6 nitrogen and oxygen atoms in total. The minimum atomic E-state index is -0.238. The predicted octanol–water partition coefficient (Wildman–Crippen LogP) is 3.47.